The molecule has 6 rings (SSSR count). The molecule has 51 heavy (non-hydrogen) atoms. The van der Waals surface area contributed by atoms with Crippen LogP contribution in [0.25, 0.3) is 0 Å². The van der Waals surface area contributed by atoms with Crippen molar-refractivity contribution in [1.82, 2.24) is 0 Å². The summed E-state index contributed by atoms with van der Waals surface area (Å²) >= 11 is 0. The summed E-state index contributed by atoms with van der Waals surface area (Å²) in [6, 6.07) is 15.0. The molecule has 0 saturated heterocycles. The zero-order chi connectivity index (χ0) is 36.5. The second kappa shape index (κ2) is 16.1. The third-order valence-corrected chi connectivity index (χ3v) is 18.0. The van der Waals surface area contributed by atoms with Gasteiger partial charge in [-0.05, 0) is 140 Å². The SMILES string of the molecule is Cc1cc(P(c2cc(C(F)F)cc(C(F)(F)F)c2)[C@H](C)C2CCCC2c2ccccc2P(C2CCCCC2)C2CCCCC2)cc(C(F)(F)F)c1. The third-order valence-electron chi connectivity index (χ3n) is 11.6. The molecule has 3 aromatic rings. The molecule has 0 aliphatic heterocycles. The van der Waals surface area contributed by atoms with Gasteiger partial charge >= 0.3 is 12.4 Å². The van der Waals surface area contributed by atoms with Crippen molar-refractivity contribution < 1.29 is 35.1 Å². The van der Waals surface area contributed by atoms with E-state index in [9.17, 15) is 35.1 Å². The van der Waals surface area contributed by atoms with Crippen LogP contribution >= 0.6 is 15.8 Å². The minimum atomic E-state index is -4.89. The molecule has 0 bridgehead atoms. The second-order valence-electron chi connectivity index (χ2n) is 15.0. The molecule has 0 amide bonds. The van der Waals surface area contributed by atoms with Gasteiger partial charge in [-0.3, -0.25) is 0 Å². The molecule has 10 heteroatoms. The van der Waals surface area contributed by atoms with Gasteiger partial charge in [0.2, 0.25) is 0 Å². The topological polar surface area (TPSA) is 0 Å². The summed E-state index contributed by atoms with van der Waals surface area (Å²) in [5, 5.41) is 1.77. The molecule has 0 N–H and O–H groups in total. The molecular formula is C41H48F8P2. The van der Waals surface area contributed by atoms with Crippen molar-refractivity contribution in [2.75, 3.05) is 0 Å². The summed E-state index contributed by atoms with van der Waals surface area (Å²) in [6.07, 6.45) is 2.35. The molecule has 3 fully saturated rings. The molecule has 3 unspecified atom stereocenters. The van der Waals surface area contributed by atoms with Crippen molar-refractivity contribution in [2.45, 2.75) is 139 Å². The van der Waals surface area contributed by atoms with Crippen LogP contribution in [0, 0.1) is 12.8 Å². The molecule has 3 aliphatic rings. The molecule has 4 atom stereocenters. The summed E-state index contributed by atoms with van der Waals surface area (Å²) in [5.74, 6) is 0.0526. The normalized spacial score (nSPS) is 22.5. The second-order valence-corrected chi connectivity index (χ2v) is 20.4. The molecule has 0 radical (unpaired) electrons. The minimum absolute atomic E-state index is 0.0359. The Kier molecular flexibility index (Phi) is 12.2. The van der Waals surface area contributed by atoms with E-state index in [0.29, 0.717) is 22.9 Å². The fraction of sp³-hybridized carbons (Fsp3) is 0.561. The number of aryl methyl sites for hydroxylation is 1. The van der Waals surface area contributed by atoms with E-state index in [2.05, 4.69) is 24.3 Å². The first-order valence-electron chi connectivity index (χ1n) is 18.6. The standard InChI is InChI=1S/C41H48F8P2/c1-26-20-29(40(44,45)46)24-33(21-26)50(34-23-28(39(42)43)22-30(25-34)41(47,48)49)27(2)35-17-11-18-36(35)37-16-9-10-19-38(37)51(31-12-5-3-6-13-31)32-14-7-4-8-15-32/h9-10,16,19-25,27,31-32,35-36,39H,3-8,11-15,17-18H2,1-2H3/t27-,35?,36?,50?/m1/s1. The highest BCUT2D eigenvalue weighted by Crippen LogP contribution is 2.58. The highest BCUT2D eigenvalue weighted by Gasteiger charge is 2.42. The van der Waals surface area contributed by atoms with Gasteiger partial charge in [-0.25, -0.2) is 8.78 Å². The Hall–Kier alpha value is -2.04. The molecule has 0 aromatic heterocycles. The van der Waals surface area contributed by atoms with Crippen molar-refractivity contribution in [2.24, 2.45) is 5.92 Å². The van der Waals surface area contributed by atoms with Crippen LogP contribution in [-0.4, -0.2) is 17.0 Å². The maximum atomic E-state index is 14.2. The molecule has 3 aromatic carbocycles. The molecule has 0 nitrogen and oxygen atoms in total. The first-order valence-corrected chi connectivity index (χ1v) is 21.5. The van der Waals surface area contributed by atoms with E-state index in [0.717, 1.165) is 43.5 Å². The van der Waals surface area contributed by atoms with E-state index in [-0.39, 0.29) is 28.1 Å². The third kappa shape index (κ3) is 8.86. The van der Waals surface area contributed by atoms with Gasteiger partial charge in [-0.2, -0.15) is 26.3 Å². The van der Waals surface area contributed by atoms with Crippen LogP contribution in [0.2, 0.25) is 0 Å². The van der Waals surface area contributed by atoms with Crippen LogP contribution in [0.15, 0.2) is 60.7 Å². The average Bonchev–Trinajstić information content (AvgIpc) is 3.59. The molecular weight excluding hydrogens is 706 g/mol. The number of hydrogen-bond acceptors (Lipinski definition) is 0. The van der Waals surface area contributed by atoms with Gasteiger partial charge in [0, 0.05) is 5.56 Å². The Morgan fingerprint density at radius 2 is 1.18 bits per heavy atom. The molecule has 0 spiro atoms. The zero-order valence-electron chi connectivity index (χ0n) is 29.3. The first kappa shape index (κ1) is 38.7. The van der Waals surface area contributed by atoms with Gasteiger partial charge in [-0.1, -0.05) is 90.1 Å². The Balaban J connectivity index is 1.47. The number of benzene rings is 3. The molecule has 3 aliphatic carbocycles. The summed E-state index contributed by atoms with van der Waals surface area (Å²) < 4.78 is 113. The lowest BCUT2D eigenvalue weighted by Crippen LogP contribution is -2.32. The molecule has 278 valence electrons. The Morgan fingerprint density at radius 1 is 0.627 bits per heavy atom. The maximum Gasteiger partial charge on any atom is 0.416 e. The van der Waals surface area contributed by atoms with E-state index in [1.807, 2.05) is 6.92 Å². The zero-order valence-corrected chi connectivity index (χ0v) is 31.1. The maximum absolute atomic E-state index is 14.2. The van der Waals surface area contributed by atoms with E-state index in [4.69, 9.17) is 0 Å². The smallest absolute Gasteiger partial charge is 0.205 e. The number of rotatable bonds is 9. The van der Waals surface area contributed by atoms with Gasteiger partial charge in [0.05, 0.1) is 11.1 Å². The predicted octanol–water partition coefficient (Wildman–Crippen LogP) is 13.1. The van der Waals surface area contributed by atoms with E-state index in [1.54, 1.807) is 13.0 Å². The average molecular weight is 755 g/mol. The lowest BCUT2D eigenvalue weighted by atomic mass is 9.87. The summed E-state index contributed by atoms with van der Waals surface area (Å²) in [7, 11) is -2.35. The van der Waals surface area contributed by atoms with Crippen molar-refractivity contribution in [3.05, 3.63) is 88.5 Å². The van der Waals surface area contributed by atoms with Gasteiger partial charge in [0.25, 0.3) is 6.43 Å². The monoisotopic (exact) mass is 754 g/mol. The van der Waals surface area contributed by atoms with Crippen molar-refractivity contribution in [1.29, 1.82) is 0 Å². The number of hydrogen-bond donors (Lipinski definition) is 0. The molecule has 0 heterocycles. The molecule has 3 saturated carbocycles. The van der Waals surface area contributed by atoms with Crippen molar-refractivity contribution in [3.63, 3.8) is 0 Å². The van der Waals surface area contributed by atoms with E-state index in [1.165, 1.54) is 75.1 Å². The summed E-state index contributed by atoms with van der Waals surface area (Å²) in [6.45, 7) is 3.49. The fourth-order valence-corrected chi connectivity index (χ4v) is 16.5. The largest absolute Gasteiger partial charge is 0.416 e. The van der Waals surface area contributed by atoms with E-state index < -0.39 is 51.3 Å². The summed E-state index contributed by atoms with van der Waals surface area (Å²) in [5.41, 5.74) is -0.234. The van der Waals surface area contributed by atoms with Crippen LogP contribution in [0.3, 0.4) is 0 Å². The predicted molar refractivity (Wildman–Crippen MR) is 195 cm³/mol. The van der Waals surface area contributed by atoms with Crippen LogP contribution in [-0.2, 0) is 12.4 Å². The quantitative estimate of drug-likeness (QED) is 0.151. The lowest BCUT2D eigenvalue weighted by molar-refractivity contribution is -0.138. The van der Waals surface area contributed by atoms with E-state index >= 15 is 0 Å². The van der Waals surface area contributed by atoms with Crippen LogP contribution in [0.1, 0.15) is 131 Å². The van der Waals surface area contributed by atoms with Crippen LogP contribution in [0.5, 0.6) is 0 Å². The highest BCUT2D eigenvalue weighted by atomic mass is 31.1. The summed E-state index contributed by atoms with van der Waals surface area (Å²) in [4.78, 5) is 0. The highest BCUT2D eigenvalue weighted by molar-refractivity contribution is 7.73. The first-order chi connectivity index (χ1) is 24.2. The Morgan fingerprint density at radius 3 is 1.75 bits per heavy atom. The van der Waals surface area contributed by atoms with Crippen molar-refractivity contribution in [3.8, 4) is 0 Å². The lowest BCUT2D eigenvalue weighted by Gasteiger charge is -2.41. The minimum Gasteiger partial charge on any atom is -0.205 e. The van der Waals surface area contributed by atoms with Gasteiger partial charge in [0.1, 0.15) is 0 Å². The number of halogens is 8. The number of alkyl halides is 8. The van der Waals surface area contributed by atoms with Gasteiger partial charge in [0.15, 0.2) is 0 Å². The van der Waals surface area contributed by atoms with Crippen LogP contribution in [0.4, 0.5) is 35.1 Å². The Labute approximate surface area is 299 Å². The van der Waals surface area contributed by atoms with Crippen molar-refractivity contribution >= 4 is 31.8 Å². The van der Waals surface area contributed by atoms with Gasteiger partial charge < -0.3 is 0 Å². The fourth-order valence-electron chi connectivity index (χ4n) is 9.34. The van der Waals surface area contributed by atoms with Crippen LogP contribution < -0.4 is 15.9 Å². The van der Waals surface area contributed by atoms with Gasteiger partial charge in [-0.15, -0.1) is 0 Å². The Bertz CT molecular complexity index is 1600.